The highest BCUT2D eigenvalue weighted by molar-refractivity contribution is 5.92. The highest BCUT2D eigenvalue weighted by Crippen LogP contribution is 2.60. The SMILES string of the molecule is COC1C2=C(C)C(=O)OC2(O)CC2CCCC(C)C21C. The van der Waals surface area contributed by atoms with Crippen LogP contribution >= 0.6 is 0 Å². The van der Waals surface area contributed by atoms with E-state index < -0.39 is 11.8 Å². The minimum atomic E-state index is -1.44. The molecular weight excluding hydrogens is 256 g/mol. The van der Waals surface area contributed by atoms with Gasteiger partial charge < -0.3 is 14.6 Å². The van der Waals surface area contributed by atoms with Crippen molar-refractivity contribution in [3.8, 4) is 0 Å². The molecule has 2 fully saturated rings. The van der Waals surface area contributed by atoms with Crippen molar-refractivity contribution in [1.82, 2.24) is 0 Å². The van der Waals surface area contributed by atoms with Gasteiger partial charge in [0.2, 0.25) is 5.79 Å². The maximum atomic E-state index is 11.9. The summed E-state index contributed by atoms with van der Waals surface area (Å²) in [6.07, 6.45) is 3.67. The number of carbonyl (C=O) groups is 1. The minimum absolute atomic E-state index is 0.0379. The number of aliphatic hydroxyl groups is 1. The summed E-state index contributed by atoms with van der Waals surface area (Å²) in [6.45, 7) is 6.24. The van der Waals surface area contributed by atoms with Crippen LogP contribution < -0.4 is 0 Å². The molecule has 0 aromatic heterocycles. The van der Waals surface area contributed by atoms with E-state index >= 15 is 0 Å². The van der Waals surface area contributed by atoms with Crippen LogP contribution in [0.25, 0.3) is 0 Å². The Morgan fingerprint density at radius 1 is 1.40 bits per heavy atom. The average molecular weight is 280 g/mol. The number of methoxy groups -OCH3 is 1. The normalized spacial score (nSPS) is 47.9. The van der Waals surface area contributed by atoms with Crippen LogP contribution in [-0.4, -0.2) is 30.1 Å². The number of fused-ring (bicyclic) bond motifs is 2. The van der Waals surface area contributed by atoms with Gasteiger partial charge in [-0.05, 0) is 25.2 Å². The standard InChI is InChI=1S/C16H24O4/c1-9-6-5-7-11-8-16(18)12(10(2)14(17)20-16)13(19-4)15(9,11)3/h9,11,13,18H,5-8H2,1-4H3. The fourth-order valence-electron chi connectivity index (χ4n) is 4.75. The lowest BCUT2D eigenvalue weighted by Crippen LogP contribution is -2.58. The van der Waals surface area contributed by atoms with Gasteiger partial charge >= 0.3 is 5.97 Å². The van der Waals surface area contributed by atoms with Crippen LogP contribution in [0.3, 0.4) is 0 Å². The van der Waals surface area contributed by atoms with E-state index in [1.165, 1.54) is 12.8 Å². The molecule has 112 valence electrons. The first-order valence-electron chi connectivity index (χ1n) is 7.54. The Kier molecular flexibility index (Phi) is 3.04. The van der Waals surface area contributed by atoms with Gasteiger partial charge in [0.1, 0.15) is 0 Å². The molecule has 0 bridgehead atoms. The van der Waals surface area contributed by atoms with E-state index in [1.54, 1.807) is 14.0 Å². The number of hydrogen-bond donors (Lipinski definition) is 1. The number of hydrogen-bond acceptors (Lipinski definition) is 4. The maximum absolute atomic E-state index is 11.9. The highest BCUT2D eigenvalue weighted by Gasteiger charge is 2.63. The smallest absolute Gasteiger partial charge is 0.336 e. The molecule has 1 aliphatic heterocycles. The summed E-state index contributed by atoms with van der Waals surface area (Å²) in [5.41, 5.74) is 1.15. The molecule has 0 radical (unpaired) electrons. The molecule has 20 heavy (non-hydrogen) atoms. The first kappa shape index (κ1) is 14.1. The van der Waals surface area contributed by atoms with E-state index in [9.17, 15) is 9.90 Å². The molecule has 3 aliphatic rings. The molecule has 5 unspecified atom stereocenters. The molecule has 4 heteroatoms. The van der Waals surface area contributed by atoms with Gasteiger partial charge in [-0.2, -0.15) is 0 Å². The molecule has 0 amide bonds. The van der Waals surface area contributed by atoms with Gasteiger partial charge in [0, 0.05) is 30.1 Å². The van der Waals surface area contributed by atoms with Gasteiger partial charge in [-0.1, -0.05) is 26.7 Å². The number of carbonyl (C=O) groups excluding carboxylic acids is 1. The van der Waals surface area contributed by atoms with E-state index in [-0.39, 0.29) is 11.5 Å². The van der Waals surface area contributed by atoms with E-state index in [1.807, 2.05) is 0 Å². The van der Waals surface area contributed by atoms with Crippen LogP contribution in [0.15, 0.2) is 11.1 Å². The summed E-state index contributed by atoms with van der Waals surface area (Å²) in [5, 5.41) is 10.8. The van der Waals surface area contributed by atoms with E-state index in [2.05, 4.69) is 13.8 Å². The molecule has 1 heterocycles. The Balaban J connectivity index is 2.13. The van der Waals surface area contributed by atoms with Gasteiger partial charge in [0.25, 0.3) is 0 Å². The van der Waals surface area contributed by atoms with Crippen molar-refractivity contribution in [3.05, 3.63) is 11.1 Å². The third-order valence-corrected chi connectivity index (χ3v) is 6.11. The van der Waals surface area contributed by atoms with Crippen molar-refractivity contribution in [1.29, 1.82) is 0 Å². The number of rotatable bonds is 1. The lowest BCUT2D eigenvalue weighted by Gasteiger charge is -2.56. The van der Waals surface area contributed by atoms with Crippen molar-refractivity contribution >= 4 is 5.97 Å². The quantitative estimate of drug-likeness (QED) is 0.749. The molecule has 3 rings (SSSR count). The summed E-state index contributed by atoms with van der Waals surface area (Å²) in [7, 11) is 1.67. The Bertz CT molecular complexity index is 483. The zero-order valence-electron chi connectivity index (χ0n) is 12.7. The molecule has 0 aromatic carbocycles. The van der Waals surface area contributed by atoms with E-state index in [0.717, 1.165) is 6.42 Å². The second-order valence-corrected chi connectivity index (χ2v) is 6.93. The van der Waals surface area contributed by atoms with Crippen LogP contribution in [0, 0.1) is 17.3 Å². The monoisotopic (exact) mass is 280 g/mol. The summed E-state index contributed by atoms with van der Waals surface area (Å²) < 4.78 is 11.1. The van der Waals surface area contributed by atoms with Crippen LogP contribution in [0.1, 0.15) is 46.5 Å². The molecule has 2 saturated carbocycles. The third-order valence-electron chi connectivity index (χ3n) is 6.11. The van der Waals surface area contributed by atoms with Crippen LogP contribution in [0.4, 0.5) is 0 Å². The van der Waals surface area contributed by atoms with Gasteiger partial charge in [-0.25, -0.2) is 4.79 Å². The van der Waals surface area contributed by atoms with E-state index in [0.29, 0.717) is 29.4 Å². The fraction of sp³-hybridized carbons (Fsp3) is 0.812. The summed E-state index contributed by atoms with van der Waals surface area (Å²) >= 11 is 0. The van der Waals surface area contributed by atoms with Crippen LogP contribution in [0.2, 0.25) is 0 Å². The van der Waals surface area contributed by atoms with Crippen molar-refractivity contribution in [2.75, 3.05) is 7.11 Å². The summed E-state index contributed by atoms with van der Waals surface area (Å²) in [4.78, 5) is 11.9. The first-order valence-corrected chi connectivity index (χ1v) is 7.54. The lowest BCUT2D eigenvalue weighted by atomic mass is 9.52. The third kappa shape index (κ3) is 1.58. The minimum Gasteiger partial charge on any atom is -0.426 e. The highest BCUT2D eigenvalue weighted by atomic mass is 16.7. The summed E-state index contributed by atoms with van der Waals surface area (Å²) in [6, 6.07) is 0. The molecule has 4 nitrogen and oxygen atoms in total. The van der Waals surface area contributed by atoms with Crippen LogP contribution in [-0.2, 0) is 14.3 Å². The first-order chi connectivity index (χ1) is 9.34. The fourth-order valence-corrected chi connectivity index (χ4v) is 4.75. The predicted molar refractivity (Wildman–Crippen MR) is 73.8 cm³/mol. The van der Waals surface area contributed by atoms with Gasteiger partial charge in [0.05, 0.1) is 6.10 Å². The molecular formula is C16H24O4. The molecule has 5 atom stereocenters. The zero-order valence-corrected chi connectivity index (χ0v) is 12.7. The van der Waals surface area contributed by atoms with Gasteiger partial charge in [-0.3, -0.25) is 0 Å². The van der Waals surface area contributed by atoms with Gasteiger partial charge in [0.15, 0.2) is 0 Å². The van der Waals surface area contributed by atoms with Crippen molar-refractivity contribution < 1.29 is 19.4 Å². The second-order valence-electron chi connectivity index (χ2n) is 6.93. The zero-order chi connectivity index (χ0) is 14.7. The van der Waals surface area contributed by atoms with Crippen molar-refractivity contribution in [2.24, 2.45) is 17.3 Å². The average Bonchev–Trinajstić information content (AvgIpc) is 2.60. The topological polar surface area (TPSA) is 55.8 Å². The van der Waals surface area contributed by atoms with Crippen LogP contribution in [0.5, 0.6) is 0 Å². The number of esters is 1. The van der Waals surface area contributed by atoms with Gasteiger partial charge in [-0.15, -0.1) is 0 Å². The predicted octanol–water partition coefficient (Wildman–Crippen LogP) is 2.41. The Morgan fingerprint density at radius 2 is 2.10 bits per heavy atom. The Morgan fingerprint density at radius 3 is 2.75 bits per heavy atom. The molecule has 1 N–H and O–H groups in total. The van der Waals surface area contributed by atoms with E-state index in [4.69, 9.17) is 9.47 Å². The van der Waals surface area contributed by atoms with Crippen molar-refractivity contribution in [3.63, 3.8) is 0 Å². The maximum Gasteiger partial charge on any atom is 0.336 e. The Hall–Kier alpha value is -0.870. The largest absolute Gasteiger partial charge is 0.426 e. The lowest BCUT2D eigenvalue weighted by molar-refractivity contribution is -0.224. The molecule has 0 aromatic rings. The summed E-state index contributed by atoms with van der Waals surface area (Å²) in [5.74, 6) is -1.02. The van der Waals surface area contributed by atoms with Crippen molar-refractivity contribution in [2.45, 2.75) is 58.3 Å². The molecule has 0 spiro atoms. The number of ether oxygens (including phenoxy) is 2. The second kappa shape index (κ2) is 4.31. The molecule has 0 saturated heterocycles. The Labute approximate surface area is 120 Å². The molecule has 2 aliphatic carbocycles.